The van der Waals surface area contributed by atoms with Gasteiger partial charge in [-0.05, 0) is 6.92 Å². The maximum Gasteiger partial charge on any atom is 0.251 e. The van der Waals surface area contributed by atoms with Gasteiger partial charge >= 0.3 is 0 Å². The highest BCUT2D eigenvalue weighted by atomic mass is 32.2. The van der Waals surface area contributed by atoms with Gasteiger partial charge in [-0.15, -0.1) is 11.3 Å². The van der Waals surface area contributed by atoms with Gasteiger partial charge < -0.3 is 5.32 Å². The van der Waals surface area contributed by atoms with Crippen molar-refractivity contribution in [2.45, 2.75) is 11.1 Å². The lowest BCUT2D eigenvalue weighted by Crippen LogP contribution is -2.46. The highest BCUT2D eigenvalue weighted by Crippen LogP contribution is 2.17. The molecule has 6 nitrogen and oxygen atoms in total. The fourth-order valence-corrected chi connectivity index (χ4v) is 3.98. The van der Waals surface area contributed by atoms with E-state index in [9.17, 15) is 8.42 Å². The lowest BCUT2D eigenvalue weighted by molar-refractivity contribution is 0.245. The van der Waals surface area contributed by atoms with E-state index < -0.39 is 10.0 Å². The van der Waals surface area contributed by atoms with Gasteiger partial charge in [-0.3, -0.25) is 4.90 Å². The SMILES string of the molecule is Cc1ncc(S(=O)(=O)NCCN2CCNCC2)s1. The summed E-state index contributed by atoms with van der Waals surface area (Å²) in [5, 5.41) is 4.02. The molecule has 0 bridgehead atoms. The van der Waals surface area contributed by atoms with Crippen LogP contribution in [0.2, 0.25) is 0 Å². The van der Waals surface area contributed by atoms with Crippen LogP contribution in [-0.4, -0.2) is 57.6 Å². The van der Waals surface area contributed by atoms with Crippen LogP contribution in [0.15, 0.2) is 10.4 Å². The Morgan fingerprint density at radius 2 is 2.22 bits per heavy atom. The molecule has 2 heterocycles. The number of nitrogens with zero attached hydrogens (tertiary/aromatic N) is 2. The molecule has 8 heteroatoms. The summed E-state index contributed by atoms with van der Waals surface area (Å²) >= 11 is 1.20. The van der Waals surface area contributed by atoms with E-state index in [0.717, 1.165) is 37.7 Å². The molecule has 0 spiro atoms. The van der Waals surface area contributed by atoms with E-state index in [-0.39, 0.29) is 0 Å². The standard InChI is InChI=1S/C10H18N4O2S2/c1-9-12-8-10(17-9)18(15,16)13-4-7-14-5-2-11-3-6-14/h8,11,13H,2-7H2,1H3. The van der Waals surface area contributed by atoms with Crippen LogP contribution in [0.5, 0.6) is 0 Å². The Hall–Kier alpha value is -0.540. The third-order valence-corrected chi connectivity index (χ3v) is 5.63. The molecule has 0 unspecified atom stereocenters. The molecule has 0 atom stereocenters. The molecular formula is C10H18N4O2S2. The molecule has 2 N–H and O–H groups in total. The Bertz CT molecular complexity index is 480. The predicted octanol–water partition coefficient (Wildman–Crippen LogP) is -0.365. The van der Waals surface area contributed by atoms with Crippen LogP contribution < -0.4 is 10.0 Å². The first kappa shape index (κ1) is 13.9. The molecule has 0 amide bonds. The largest absolute Gasteiger partial charge is 0.314 e. The number of aryl methyl sites for hydroxylation is 1. The normalized spacial score (nSPS) is 18.1. The minimum atomic E-state index is -3.38. The van der Waals surface area contributed by atoms with E-state index in [1.54, 1.807) is 6.92 Å². The van der Waals surface area contributed by atoms with Crippen molar-refractivity contribution in [3.05, 3.63) is 11.2 Å². The Morgan fingerprint density at radius 1 is 1.50 bits per heavy atom. The van der Waals surface area contributed by atoms with Crippen molar-refractivity contribution in [1.82, 2.24) is 19.9 Å². The quantitative estimate of drug-likeness (QED) is 0.774. The second kappa shape index (κ2) is 6.07. The van der Waals surface area contributed by atoms with E-state index in [2.05, 4.69) is 19.9 Å². The lowest BCUT2D eigenvalue weighted by atomic mass is 10.3. The summed E-state index contributed by atoms with van der Waals surface area (Å²) in [7, 11) is -3.38. The maximum absolute atomic E-state index is 11.9. The predicted molar refractivity (Wildman–Crippen MR) is 71.3 cm³/mol. The van der Waals surface area contributed by atoms with Crippen LogP contribution in [-0.2, 0) is 10.0 Å². The second-order valence-electron chi connectivity index (χ2n) is 4.19. The van der Waals surface area contributed by atoms with Crippen molar-refractivity contribution in [3.63, 3.8) is 0 Å². The minimum Gasteiger partial charge on any atom is -0.314 e. The van der Waals surface area contributed by atoms with E-state index in [1.807, 2.05) is 0 Å². The van der Waals surface area contributed by atoms with E-state index >= 15 is 0 Å². The molecule has 1 fully saturated rings. The Labute approximate surface area is 111 Å². The second-order valence-corrected chi connectivity index (χ2v) is 7.42. The highest BCUT2D eigenvalue weighted by Gasteiger charge is 2.17. The summed E-state index contributed by atoms with van der Waals surface area (Å²) in [6.45, 7) is 6.88. The van der Waals surface area contributed by atoms with Crippen LogP contribution >= 0.6 is 11.3 Å². The van der Waals surface area contributed by atoms with Gasteiger partial charge in [0.05, 0.1) is 11.2 Å². The van der Waals surface area contributed by atoms with Crippen molar-refractivity contribution in [1.29, 1.82) is 0 Å². The molecule has 1 aromatic heterocycles. The first-order valence-corrected chi connectivity index (χ1v) is 8.23. The van der Waals surface area contributed by atoms with Crippen molar-refractivity contribution in [2.75, 3.05) is 39.3 Å². The average molecular weight is 290 g/mol. The smallest absolute Gasteiger partial charge is 0.251 e. The van der Waals surface area contributed by atoms with Crippen molar-refractivity contribution in [3.8, 4) is 0 Å². The lowest BCUT2D eigenvalue weighted by Gasteiger charge is -2.26. The Balaban J connectivity index is 1.82. The number of hydrogen-bond donors (Lipinski definition) is 2. The highest BCUT2D eigenvalue weighted by molar-refractivity contribution is 7.91. The summed E-state index contributed by atoms with van der Waals surface area (Å²) in [6, 6.07) is 0. The first-order valence-electron chi connectivity index (χ1n) is 5.93. The average Bonchev–Trinajstić information content (AvgIpc) is 2.78. The van der Waals surface area contributed by atoms with Crippen LogP contribution in [0.1, 0.15) is 5.01 Å². The van der Waals surface area contributed by atoms with Crippen molar-refractivity contribution >= 4 is 21.4 Å². The molecule has 18 heavy (non-hydrogen) atoms. The van der Waals surface area contributed by atoms with Gasteiger partial charge in [0, 0.05) is 39.3 Å². The van der Waals surface area contributed by atoms with E-state index in [4.69, 9.17) is 0 Å². The molecule has 2 rings (SSSR count). The molecule has 0 aliphatic carbocycles. The molecule has 1 aliphatic rings. The van der Waals surface area contributed by atoms with E-state index in [0.29, 0.717) is 10.8 Å². The molecule has 0 saturated carbocycles. The first-order chi connectivity index (χ1) is 8.58. The molecule has 1 saturated heterocycles. The number of piperazine rings is 1. The van der Waals surface area contributed by atoms with Crippen LogP contribution in [0.3, 0.4) is 0 Å². The molecule has 1 aromatic rings. The number of hydrogen-bond acceptors (Lipinski definition) is 6. The summed E-state index contributed by atoms with van der Waals surface area (Å²) < 4.78 is 26.7. The van der Waals surface area contributed by atoms with Crippen LogP contribution in [0.25, 0.3) is 0 Å². The number of nitrogens with one attached hydrogen (secondary N) is 2. The van der Waals surface area contributed by atoms with Crippen molar-refractivity contribution < 1.29 is 8.42 Å². The summed E-state index contributed by atoms with van der Waals surface area (Å²) in [4.78, 5) is 6.21. The topological polar surface area (TPSA) is 74.3 Å². The zero-order chi connectivity index (χ0) is 13.0. The van der Waals surface area contributed by atoms with Gasteiger partial charge in [0.1, 0.15) is 0 Å². The molecule has 0 aromatic carbocycles. The third-order valence-electron chi connectivity index (χ3n) is 2.79. The van der Waals surface area contributed by atoms with Crippen LogP contribution in [0.4, 0.5) is 0 Å². The van der Waals surface area contributed by atoms with E-state index in [1.165, 1.54) is 17.5 Å². The van der Waals surface area contributed by atoms with Gasteiger partial charge in [-0.1, -0.05) is 0 Å². The Morgan fingerprint density at radius 3 is 2.83 bits per heavy atom. The molecular weight excluding hydrogens is 272 g/mol. The minimum absolute atomic E-state index is 0.292. The van der Waals surface area contributed by atoms with Crippen molar-refractivity contribution in [2.24, 2.45) is 0 Å². The zero-order valence-electron chi connectivity index (χ0n) is 10.3. The molecule has 102 valence electrons. The summed E-state index contributed by atoms with van der Waals surface area (Å²) in [5.41, 5.74) is 0. The molecule has 0 radical (unpaired) electrons. The number of aromatic nitrogens is 1. The van der Waals surface area contributed by atoms with Gasteiger partial charge in [0.25, 0.3) is 10.0 Å². The Kier molecular flexibility index (Phi) is 4.68. The third kappa shape index (κ3) is 3.72. The van der Waals surface area contributed by atoms with Gasteiger partial charge in [-0.25, -0.2) is 18.1 Å². The summed E-state index contributed by atoms with van der Waals surface area (Å²) in [5.74, 6) is 0. The fourth-order valence-electron chi connectivity index (χ4n) is 1.81. The monoisotopic (exact) mass is 290 g/mol. The fraction of sp³-hybridized carbons (Fsp3) is 0.700. The van der Waals surface area contributed by atoms with Gasteiger partial charge in [-0.2, -0.15) is 0 Å². The maximum atomic E-state index is 11.9. The van der Waals surface area contributed by atoms with Crippen LogP contribution in [0, 0.1) is 6.92 Å². The number of rotatable bonds is 5. The molecule has 1 aliphatic heterocycles. The van der Waals surface area contributed by atoms with Gasteiger partial charge in [0.15, 0.2) is 4.21 Å². The number of thiazole rings is 1. The number of sulfonamides is 1. The van der Waals surface area contributed by atoms with Gasteiger partial charge in [0.2, 0.25) is 0 Å². The summed E-state index contributed by atoms with van der Waals surface area (Å²) in [6.07, 6.45) is 1.41. The zero-order valence-corrected chi connectivity index (χ0v) is 12.0.